The van der Waals surface area contributed by atoms with Gasteiger partial charge in [-0.05, 0) is 37.1 Å². The molecule has 2 heterocycles. The summed E-state index contributed by atoms with van der Waals surface area (Å²) in [4.78, 5) is 27.0. The number of carbonyl (C=O) groups is 2. The van der Waals surface area contributed by atoms with Gasteiger partial charge in [-0.1, -0.05) is 0 Å². The van der Waals surface area contributed by atoms with E-state index in [-0.39, 0.29) is 37.3 Å². The van der Waals surface area contributed by atoms with E-state index in [0.29, 0.717) is 31.7 Å². The Labute approximate surface area is 139 Å². The van der Waals surface area contributed by atoms with Crippen LogP contribution in [-0.2, 0) is 9.59 Å². The second-order valence-electron chi connectivity index (χ2n) is 6.45. The molecule has 1 aromatic carbocycles. The summed E-state index contributed by atoms with van der Waals surface area (Å²) in [6, 6.07) is 5.57. The minimum absolute atomic E-state index is 0.0115. The summed E-state index contributed by atoms with van der Waals surface area (Å²) in [5.74, 6) is -0.0205. The molecule has 0 spiro atoms. The van der Waals surface area contributed by atoms with Crippen molar-refractivity contribution in [2.45, 2.75) is 24.9 Å². The molecule has 2 amide bonds. The minimum Gasteiger partial charge on any atom is -0.491 e. The lowest BCUT2D eigenvalue weighted by Crippen LogP contribution is -2.44. The molecule has 0 aliphatic carbocycles. The smallest absolute Gasteiger partial charge is 0.242 e. The predicted molar refractivity (Wildman–Crippen MR) is 83.9 cm³/mol. The average molecular weight is 336 g/mol. The summed E-state index contributed by atoms with van der Waals surface area (Å²) in [6.45, 7) is 1.34. The second kappa shape index (κ2) is 6.76. The fourth-order valence-corrected chi connectivity index (χ4v) is 3.07. The van der Waals surface area contributed by atoms with Crippen LogP contribution >= 0.6 is 0 Å². The Balaban J connectivity index is 1.50. The highest BCUT2D eigenvalue weighted by molar-refractivity contribution is 5.86. The van der Waals surface area contributed by atoms with Crippen LogP contribution in [0.5, 0.6) is 5.75 Å². The quantitative estimate of drug-likeness (QED) is 0.863. The number of benzene rings is 1. The van der Waals surface area contributed by atoms with Gasteiger partial charge in [-0.15, -0.1) is 0 Å². The van der Waals surface area contributed by atoms with Crippen LogP contribution in [0.1, 0.15) is 19.3 Å². The number of hydrogen-bond donors (Lipinski definition) is 1. The minimum atomic E-state index is -1.13. The molecule has 24 heavy (non-hydrogen) atoms. The Bertz CT molecular complexity index is 622. The molecule has 2 fully saturated rings. The normalized spacial score (nSPS) is 23.8. The van der Waals surface area contributed by atoms with Crippen molar-refractivity contribution in [2.24, 2.45) is 0 Å². The fourth-order valence-electron chi connectivity index (χ4n) is 3.07. The number of hydrogen-bond acceptors (Lipinski definition) is 4. The van der Waals surface area contributed by atoms with Crippen LogP contribution in [0.3, 0.4) is 0 Å². The van der Waals surface area contributed by atoms with E-state index in [1.54, 1.807) is 9.80 Å². The summed E-state index contributed by atoms with van der Waals surface area (Å²) in [6.07, 6.45) is 1.71. The molecule has 0 unspecified atom stereocenters. The molecular formula is C17H21FN2O4. The molecule has 2 aliphatic rings. The van der Waals surface area contributed by atoms with Crippen molar-refractivity contribution in [3.8, 4) is 5.75 Å². The Kier molecular flexibility index (Phi) is 4.71. The summed E-state index contributed by atoms with van der Waals surface area (Å²) in [5, 5.41) is 10.6. The van der Waals surface area contributed by atoms with Gasteiger partial charge in [0.2, 0.25) is 11.8 Å². The summed E-state index contributed by atoms with van der Waals surface area (Å²) in [7, 11) is 0. The van der Waals surface area contributed by atoms with Crippen LogP contribution in [0.15, 0.2) is 24.3 Å². The van der Waals surface area contributed by atoms with Gasteiger partial charge in [0.05, 0.1) is 13.1 Å². The van der Waals surface area contributed by atoms with Crippen molar-refractivity contribution in [1.82, 2.24) is 9.80 Å². The Morgan fingerprint density at radius 2 is 2.04 bits per heavy atom. The molecule has 3 rings (SSSR count). The van der Waals surface area contributed by atoms with Gasteiger partial charge < -0.3 is 19.6 Å². The summed E-state index contributed by atoms with van der Waals surface area (Å²) < 4.78 is 18.4. The third-order valence-corrected chi connectivity index (χ3v) is 4.50. The number of aliphatic hydroxyl groups is 1. The number of nitrogens with zero attached hydrogens (tertiary/aromatic N) is 2. The van der Waals surface area contributed by atoms with E-state index in [1.165, 1.54) is 24.3 Å². The van der Waals surface area contributed by atoms with Crippen molar-refractivity contribution in [3.63, 3.8) is 0 Å². The van der Waals surface area contributed by atoms with Gasteiger partial charge in [0.15, 0.2) is 0 Å². The van der Waals surface area contributed by atoms with Crippen LogP contribution in [0, 0.1) is 5.82 Å². The molecule has 0 aromatic heterocycles. The number of carbonyl (C=O) groups excluding carboxylic acids is 2. The van der Waals surface area contributed by atoms with Crippen molar-refractivity contribution in [2.75, 3.05) is 32.8 Å². The largest absolute Gasteiger partial charge is 0.491 e. The maximum Gasteiger partial charge on any atom is 0.242 e. The first kappa shape index (κ1) is 16.7. The topological polar surface area (TPSA) is 70.1 Å². The molecule has 130 valence electrons. The van der Waals surface area contributed by atoms with Gasteiger partial charge in [0.25, 0.3) is 0 Å². The lowest BCUT2D eigenvalue weighted by atomic mass is 10.1. The first-order valence-corrected chi connectivity index (χ1v) is 8.11. The van der Waals surface area contributed by atoms with Crippen LogP contribution < -0.4 is 4.74 Å². The van der Waals surface area contributed by atoms with Crippen molar-refractivity contribution < 1.29 is 23.8 Å². The monoisotopic (exact) mass is 336 g/mol. The van der Waals surface area contributed by atoms with Crippen molar-refractivity contribution >= 4 is 11.8 Å². The summed E-state index contributed by atoms with van der Waals surface area (Å²) in [5.41, 5.74) is -1.13. The van der Waals surface area contributed by atoms with Gasteiger partial charge in [-0.2, -0.15) is 0 Å². The van der Waals surface area contributed by atoms with E-state index < -0.39 is 5.60 Å². The Morgan fingerprint density at radius 1 is 1.29 bits per heavy atom. The molecule has 1 aromatic rings. The van der Waals surface area contributed by atoms with E-state index in [4.69, 9.17) is 4.74 Å². The molecule has 0 saturated carbocycles. The van der Waals surface area contributed by atoms with Gasteiger partial charge in [-0.25, -0.2) is 4.39 Å². The number of likely N-dealkylation sites (tertiary alicyclic amines) is 2. The van der Waals surface area contributed by atoms with Crippen LogP contribution in [0.2, 0.25) is 0 Å². The van der Waals surface area contributed by atoms with Crippen molar-refractivity contribution in [3.05, 3.63) is 30.1 Å². The Hall–Kier alpha value is -2.15. The van der Waals surface area contributed by atoms with E-state index in [2.05, 4.69) is 0 Å². The third kappa shape index (κ3) is 3.84. The first-order valence-electron chi connectivity index (χ1n) is 8.11. The molecule has 7 heteroatoms. The predicted octanol–water partition coefficient (Wildman–Crippen LogP) is 0.790. The Morgan fingerprint density at radius 3 is 2.71 bits per heavy atom. The fraction of sp³-hybridized carbons (Fsp3) is 0.529. The van der Waals surface area contributed by atoms with Crippen LogP contribution in [0.25, 0.3) is 0 Å². The van der Waals surface area contributed by atoms with Crippen molar-refractivity contribution in [1.29, 1.82) is 0 Å². The highest BCUT2D eigenvalue weighted by Crippen LogP contribution is 2.24. The zero-order valence-electron chi connectivity index (χ0n) is 13.4. The second-order valence-corrected chi connectivity index (χ2v) is 6.45. The van der Waals surface area contributed by atoms with E-state index in [9.17, 15) is 19.1 Å². The molecule has 0 radical (unpaired) electrons. The molecule has 2 aliphatic heterocycles. The highest BCUT2D eigenvalue weighted by atomic mass is 19.1. The number of rotatable bonds is 5. The van der Waals surface area contributed by atoms with Gasteiger partial charge in [-0.3, -0.25) is 9.59 Å². The summed E-state index contributed by atoms with van der Waals surface area (Å²) >= 11 is 0. The number of β-amino-alcohol motifs (C(OH)–C–C–N with tert-alkyl or cyclic N) is 1. The maximum absolute atomic E-state index is 12.9. The molecule has 1 atom stereocenters. The SMILES string of the molecule is O=C1CCCN1CC(=O)N1CC[C@](O)(COc2ccc(F)cc2)C1. The number of ether oxygens (including phenoxy) is 1. The van der Waals surface area contributed by atoms with Gasteiger partial charge >= 0.3 is 0 Å². The lowest BCUT2D eigenvalue weighted by molar-refractivity contribution is -0.138. The van der Waals surface area contributed by atoms with Crippen LogP contribution in [-0.4, -0.2) is 65.1 Å². The van der Waals surface area contributed by atoms with E-state index in [0.717, 1.165) is 6.42 Å². The molecule has 2 saturated heterocycles. The maximum atomic E-state index is 12.9. The van der Waals surface area contributed by atoms with Gasteiger partial charge in [0.1, 0.15) is 23.8 Å². The molecular weight excluding hydrogens is 315 g/mol. The van der Waals surface area contributed by atoms with Gasteiger partial charge in [0, 0.05) is 19.5 Å². The zero-order valence-corrected chi connectivity index (χ0v) is 13.4. The highest BCUT2D eigenvalue weighted by Gasteiger charge is 2.39. The lowest BCUT2D eigenvalue weighted by Gasteiger charge is -2.25. The van der Waals surface area contributed by atoms with E-state index in [1.807, 2.05) is 0 Å². The van der Waals surface area contributed by atoms with E-state index >= 15 is 0 Å². The molecule has 1 N–H and O–H groups in total. The number of amides is 2. The van der Waals surface area contributed by atoms with Crippen LogP contribution in [0.4, 0.5) is 4.39 Å². The molecule has 0 bridgehead atoms. The first-order chi connectivity index (χ1) is 11.5. The average Bonchev–Trinajstić information content (AvgIpc) is 3.14. The molecule has 6 nitrogen and oxygen atoms in total. The standard InChI is InChI=1S/C17H21FN2O4/c18-13-3-5-14(6-4-13)24-12-17(23)7-9-20(11-17)16(22)10-19-8-1-2-15(19)21/h3-6,23H,1-2,7-12H2/t17-/m1/s1. The number of halogens is 1. The zero-order chi connectivity index (χ0) is 17.2. The third-order valence-electron chi connectivity index (χ3n) is 4.50.